The number of amides is 3. The highest BCUT2D eigenvalue weighted by Crippen LogP contribution is 2.31. The van der Waals surface area contributed by atoms with Gasteiger partial charge in [0.1, 0.15) is 42.4 Å². The molecule has 22 heteroatoms. The number of amidine groups is 1. The van der Waals surface area contributed by atoms with Crippen LogP contribution in [-0.2, 0) is 68.5 Å². The number of allylic oxidation sites excluding steroid dienone is 1. The number of nitrogens with one attached hydrogen (secondary N) is 4. The van der Waals surface area contributed by atoms with Gasteiger partial charge in [-0.25, -0.2) is 4.79 Å². The fourth-order valence-electron chi connectivity index (χ4n) is 10.3. The second-order valence-corrected chi connectivity index (χ2v) is 23.7. The average molecular weight is 1240 g/mol. The topological polar surface area (TPSA) is 363 Å². The maximum atomic E-state index is 14.3. The summed E-state index contributed by atoms with van der Waals surface area (Å²) in [6.45, 7) is 11.1. The Balaban J connectivity index is 2.28. The van der Waals surface area contributed by atoms with Gasteiger partial charge in [-0.15, -0.1) is 0 Å². The van der Waals surface area contributed by atoms with Crippen LogP contribution < -0.4 is 27.4 Å². The summed E-state index contributed by atoms with van der Waals surface area (Å²) in [7, 11) is 0. The third kappa shape index (κ3) is 43.5. The van der Waals surface area contributed by atoms with Gasteiger partial charge in [0.15, 0.2) is 5.78 Å². The zero-order chi connectivity index (χ0) is 65.3. The summed E-state index contributed by atoms with van der Waals surface area (Å²) in [5, 5.41) is 44.2. The molecule has 22 nitrogen and oxygen atoms in total. The van der Waals surface area contributed by atoms with Crippen LogP contribution in [0.25, 0.3) is 0 Å². The van der Waals surface area contributed by atoms with E-state index in [2.05, 4.69) is 22.5 Å². The van der Waals surface area contributed by atoms with Gasteiger partial charge in [0.05, 0.1) is 38.9 Å². The van der Waals surface area contributed by atoms with Crippen molar-refractivity contribution in [1.82, 2.24) is 16.0 Å². The van der Waals surface area contributed by atoms with Crippen LogP contribution in [0.4, 0.5) is 0 Å². The Bertz CT molecular complexity index is 2210. The van der Waals surface area contributed by atoms with Gasteiger partial charge < -0.3 is 61.7 Å². The van der Waals surface area contributed by atoms with E-state index < -0.39 is 47.6 Å². The van der Waals surface area contributed by atoms with Crippen LogP contribution in [0.3, 0.4) is 0 Å². The monoisotopic (exact) mass is 1240 g/mol. The van der Waals surface area contributed by atoms with E-state index in [-0.39, 0.29) is 150 Å². The normalized spacial score (nSPS) is 13.0. The van der Waals surface area contributed by atoms with Crippen LogP contribution in [0.1, 0.15) is 206 Å². The molecule has 0 fully saturated rings. The molecular weight excluding hydrogens is 1130 g/mol. The van der Waals surface area contributed by atoms with E-state index in [4.69, 9.17) is 40.9 Å². The number of benzene rings is 1. The standard InChI is InChI=1S/C66H110N6O16/c1-48(2)42-56(75)44-52(64(81)50(4)57(25-17-18-26-60(67)68)59(76)45-53(65(69)82)43-51-28-30-54(73)31-29-51)23-19-20-34-70-62(78)47-88-41-38-85-36-21-24-55(74)46-87-40-39-86-37-35-71-61(77)33-32-58(66(83)84)72-49(3)22-15-13-11-9-7-5-6-8-10-12-14-16-27-63(79)80/h28-31,48,50,52-53,57-58,72-73H,3,5-27,32-47H2,1-2,4H3,(H3,67,68)(H2,69,82)(H,70,78)(H,71,77)(H,79,80)(H,83,84)/t50?,52-,53-,57-,58+/m1/s1. The van der Waals surface area contributed by atoms with Gasteiger partial charge in [-0.2, -0.15) is 0 Å². The molecule has 0 heterocycles. The second kappa shape index (κ2) is 50.7. The molecule has 500 valence electrons. The summed E-state index contributed by atoms with van der Waals surface area (Å²) in [6, 6.07) is 5.37. The van der Waals surface area contributed by atoms with Crippen molar-refractivity contribution in [2.45, 2.75) is 213 Å². The van der Waals surface area contributed by atoms with E-state index >= 15 is 0 Å². The first-order valence-corrected chi connectivity index (χ1v) is 32.3. The number of carboxylic acid groups (broad SMARTS) is 2. The summed E-state index contributed by atoms with van der Waals surface area (Å²) in [6.07, 6.45) is 18.3. The lowest BCUT2D eigenvalue weighted by Crippen LogP contribution is -2.37. The molecule has 0 aliphatic rings. The van der Waals surface area contributed by atoms with Crippen molar-refractivity contribution in [3.63, 3.8) is 0 Å². The lowest BCUT2D eigenvalue weighted by molar-refractivity contribution is -0.140. The highest BCUT2D eigenvalue weighted by Gasteiger charge is 2.36. The van der Waals surface area contributed by atoms with Gasteiger partial charge in [0.25, 0.3) is 0 Å². The number of Topliss-reactive ketones (excluding diaryl/α,β-unsaturated/α-hetero) is 4. The number of rotatable bonds is 61. The number of hydrogen-bond acceptors (Lipinski definition) is 16. The van der Waals surface area contributed by atoms with Crippen molar-refractivity contribution in [3.8, 4) is 5.75 Å². The number of ether oxygens (including phenoxy) is 4. The number of phenols is 1. The number of hydrogen-bond donors (Lipinski definition) is 9. The van der Waals surface area contributed by atoms with Crippen LogP contribution in [0.5, 0.6) is 5.75 Å². The number of carbonyl (C=O) groups excluding carboxylic acids is 7. The molecule has 88 heavy (non-hydrogen) atoms. The Morgan fingerprint density at radius 2 is 1.10 bits per heavy atom. The average Bonchev–Trinajstić information content (AvgIpc) is 3.63. The predicted octanol–water partition coefficient (Wildman–Crippen LogP) is 8.64. The fraction of sp³-hybridized carbons (Fsp3) is 0.727. The Morgan fingerprint density at radius 1 is 0.545 bits per heavy atom. The smallest absolute Gasteiger partial charge is 0.326 e. The van der Waals surface area contributed by atoms with E-state index in [9.17, 15) is 53.4 Å². The van der Waals surface area contributed by atoms with E-state index in [1.165, 1.54) is 37.8 Å². The Hall–Kier alpha value is -6.10. The molecule has 1 aromatic rings. The molecule has 0 aliphatic heterocycles. The molecule has 0 bridgehead atoms. The molecule has 1 rings (SSSR count). The van der Waals surface area contributed by atoms with Crippen LogP contribution >= 0.6 is 0 Å². The first kappa shape index (κ1) is 79.9. The molecule has 5 atom stereocenters. The molecular formula is C66H110N6O16. The first-order chi connectivity index (χ1) is 42.1. The summed E-state index contributed by atoms with van der Waals surface area (Å²) >= 11 is 0. The highest BCUT2D eigenvalue weighted by molar-refractivity contribution is 5.94. The molecule has 0 spiro atoms. The predicted molar refractivity (Wildman–Crippen MR) is 337 cm³/mol. The highest BCUT2D eigenvalue weighted by atomic mass is 16.5. The Morgan fingerprint density at radius 3 is 1.69 bits per heavy atom. The summed E-state index contributed by atoms with van der Waals surface area (Å²) < 4.78 is 21.9. The van der Waals surface area contributed by atoms with E-state index in [0.717, 1.165) is 51.4 Å². The zero-order valence-electron chi connectivity index (χ0n) is 53.4. The molecule has 1 aromatic carbocycles. The maximum Gasteiger partial charge on any atom is 0.326 e. The van der Waals surface area contributed by atoms with Crippen molar-refractivity contribution >= 4 is 58.6 Å². The minimum Gasteiger partial charge on any atom is -0.508 e. The molecule has 0 saturated heterocycles. The van der Waals surface area contributed by atoms with Crippen molar-refractivity contribution in [3.05, 3.63) is 42.1 Å². The van der Waals surface area contributed by atoms with Crippen LogP contribution in [-0.4, -0.2) is 146 Å². The quantitative estimate of drug-likeness (QED) is 0.0167. The van der Waals surface area contributed by atoms with Gasteiger partial charge in [0.2, 0.25) is 17.7 Å². The molecule has 1 unspecified atom stereocenters. The second-order valence-electron chi connectivity index (χ2n) is 23.7. The van der Waals surface area contributed by atoms with Crippen LogP contribution in [0, 0.1) is 35.0 Å². The Kier molecular flexibility index (Phi) is 46.1. The summed E-state index contributed by atoms with van der Waals surface area (Å²) in [5.41, 5.74) is 12.7. The number of aromatic hydroxyl groups is 1. The number of ketones is 4. The van der Waals surface area contributed by atoms with E-state index in [0.29, 0.717) is 88.6 Å². The van der Waals surface area contributed by atoms with Crippen molar-refractivity contribution < 1.29 is 77.4 Å². The number of unbranched alkanes of at least 4 members (excludes halogenated alkanes) is 13. The Labute approximate surface area is 523 Å². The molecule has 3 amide bonds. The van der Waals surface area contributed by atoms with Crippen molar-refractivity contribution in [2.24, 2.45) is 41.1 Å². The van der Waals surface area contributed by atoms with Gasteiger partial charge in [-0.05, 0) is 87.8 Å². The number of phenolic OH excluding ortho intramolecular Hbond substituents is 1. The number of carbonyl (C=O) groups is 9. The van der Waals surface area contributed by atoms with E-state index in [1.807, 2.05) is 13.8 Å². The third-order valence-corrected chi connectivity index (χ3v) is 15.3. The van der Waals surface area contributed by atoms with Gasteiger partial charge in [-0.1, -0.05) is 117 Å². The lowest BCUT2D eigenvalue weighted by Gasteiger charge is -2.27. The minimum atomic E-state index is -1.04. The summed E-state index contributed by atoms with van der Waals surface area (Å²) in [5.74, 6) is -6.52. The molecule has 0 aliphatic carbocycles. The zero-order valence-corrected chi connectivity index (χ0v) is 53.4. The van der Waals surface area contributed by atoms with Gasteiger partial charge in [-0.3, -0.25) is 43.8 Å². The maximum absolute atomic E-state index is 14.3. The molecule has 0 aromatic heterocycles. The van der Waals surface area contributed by atoms with Crippen LogP contribution in [0.15, 0.2) is 36.5 Å². The minimum absolute atomic E-state index is 0.0189. The lowest BCUT2D eigenvalue weighted by atomic mass is 9.75. The number of carboxylic acids is 2. The van der Waals surface area contributed by atoms with Crippen molar-refractivity contribution in [2.75, 3.05) is 65.9 Å². The van der Waals surface area contributed by atoms with Gasteiger partial charge in [0, 0.05) is 94.0 Å². The summed E-state index contributed by atoms with van der Waals surface area (Å²) in [4.78, 5) is 114. The number of primary amides is 1. The third-order valence-electron chi connectivity index (χ3n) is 15.3. The first-order valence-electron chi connectivity index (χ1n) is 32.3. The largest absolute Gasteiger partial charge is 0.508 e. The van der Waals surface area contributed by atoms with E-state index in [1.54, 1.807) is 19.1 Å². The SMILES string of the molecule is C=C(CCCCCCCCCCCCCCC(=O)O)N[C@@H](CCC(=O)NCCOCCOCC(=O)CCCOCCOCC(=O)NCCCC[C@H](CC(=O)CC(C)C)C(=O)C(C)[C@@H](CCCCC(=N)N)C(=O)C[C@@H](Cc1ccc(O)cc1)C(N)=O)C(=O)O. The van der Waals surface area contributed by atoms with Crippen molar-refractivity contribution in [1.29, 1.82) is 5.41 Å². The van der Waals surface area contributed by atoms with Gasteiger partial charge >= 0.3 is 11.9 Å². The molecule has 11 N–H and O–H groups in total. The molecule has 0 saturated carbocycles. The number of nitrogens with two attached hydrogens (primary N) is 2. The fourth-order valence-corrected chi connectivity index (χ4v) is 10.3. The van der Waals surface area contributed by atoms with Crippen LogP contribution in [0.2, 0.25) is 0 Å². The number of aliphatic carboxylic acids is 2. The molecule has 0 radical (unpaired) electrons.